The molecule has 0 radical (unpaired) electrons. The van der Waals surface area contributed by atoms with Crippen LogP contribution in [0.3, 0.4) is 0 Å². The van der Waals surface area contributed by atoms with Crippen LogP contribution in [-0.4, -0.2) is 28.2 Å². The fourth-order valence-electron chi connectivity index (χ4n) is 2.74. The quantitative estimate of drug-likeness (QED) is 0.787. The predicted octanol–water partition coefficient (Wildman–Crippen LogP) is 1.92. The number of aromatic hydroxyl groups is 1. The first-order chi connectivity index (χ1) is 10.1. The summed E-state index contributed by atoms with van der Waals surface area (Å²) in [6, 6.07) is 7.46. The molecule has 5 heteroatoms. The maximum absolute atomic E-state index is 12.3. The second-order valence-corrected chi connectivity index (χ2v) is 5.56. The highest BCUT2D eigenvalue weighted by Crippen LogP contribution is 2.26. The molecule has 0 aliphatic carbocycles. The molecule has 1 fully saturated rings. The molecular formula is C16H19N3O2. The summed E-state index contributed by atoms with van der Waals surface area (Å²) in [7, 11) is 0. The summed E-state index contributed by atoms with van der Waals surface area (Å²) in [5.41, 5.74) is 1.74. The van der Waals surface area contributed by atoms with Gasteiger partial charge in [0, 0.05) is 12.5 Å². The van der Waals surface area contributed by atoms with Gasteiger partial charge in [-0.1, -0.05) is 29.8 Å². The van der Waals surface area contributed by atoms with Crippen molar-refractivity contribution < 1.29 is 5.11 Å². The molecular weight excluding hydrogens is 266 g/mol. The third-order valence-corrected chi connectivity index (χ3v) is 3.94. The molecule has 2 heterocycles. The Labute approximate surface area is 123 Å². The van der Waals surface area contributed by atoms with Gasteiger partial charge >= 0.3 is 0 Å². The van der Waals surface area contributed by atoms with Gasteiger partial charge in [-0.05, 0) is 31.9 Å². The molecule has 0 saturated carbocycles. The lowest BCUT2D eigenvalue weighted by molar-refractivity contribution is 0.421. The molecule has 1 aromatic carbocycles. The summed E-state index contributed by atoms with van der Waals surface area (Å²) >= 11 is 0. The van der Waals surface area contributed by atoms with Crippen LogP contribution < -0.4 is 10.9 Å². The van der Waals surface area contributed by atoms with Crippen molar-refractivity contribution in [3.05, 3.63) is 46.0 Å². The maximum atomic E-state index is 12.3. The third-order valence-electron chi connectivity index (χ3n) is 3.94. The largest absolute Gasteiger partial charge is 0.493 e. The zero-order valence-corrected chi connectivity index (χ0v) is 12.0. The van der Waals surface area contributed by atoms with Crippen molar-refractivity contribution in [2.75, 3.05) is 13.1 Å². The van der Waals surface area contributed by atoms with Gasteiger partial charge in [-0.3, -0.25) is 4.79 Å². The van der Waals surface area contributed by atoms with E-state index < -0.39 is 0 Å². The van der Waals surface area contributed by atoms with Crippen molar-refractivity contribution in [3.8, 4) is 17.0 Å². The second-order valence-electron chi connectivity index (χ2n) is 5.56. The number of H-pyrrole nitrogens is 1. The summed E-state index contributed by atoms with van der Waals surface area (Å²) in [5.74, 6) is 0.535. The molecule has 1 unspecified atom stereocenters. The topological polar surface area (TPSA) is 78.0 Å². The van der Waals surface area contributed by atoms with Crippen molar-refractivity contribution in [1.29, 1.82) is 0 Å². The summed E-state index contributed by atoms with van der Waals surface area (Å²) in [6.07, 6.45) is 2.02. The lowest BCUT2D eigenvalue weighted by Crippen LogP contribution is -2.30. The van der Waals surface area contributed by atoms with E-state index in [1.54, 1.807) is 0 Å². The van der Waals surface area contributed by atoms with Gasteiger partial charge in [0.15, 0.2) is 0 Å². The van der Waals surface area contributed by atoms with Crippen LogP contribution in [0.2, 0.25) is 0 Å². The van der Waals surface area contributed by atoms with E-state index >= 15 is 0 Å². The summed E-state index contributed by atoms with van der Waals surface area (Å²) < 4.78 is 0. The van der Waals surface area contributed by atoms with Crippen LogP contribution in [0.25, 0.3) is 11.1 Å². The predicted molar refractivity (Wildman–Crippen MR) is 81.5 cm³/mol. The number of nitrogens with zero attached hydrogens (tertiary/aromatic N) is 1. The fourth-order valence-corrected chi connectivity index (χ4v) is 2.74. The number of hydrogen-bond donors (Lipinski definition) is 3. The van der Waals surface area contributed by atoms with E-state index in [-0.39, 0.29) is 22.9 Å². The van der Waals surface area contributed by atoms with Gasteiger partial charge in [0.1, 0.15) is 11.4 Å². The smallest absolute Gasteiger partial charge is 0.262 e. The molecule has 1 aliphatic rings. The minimum absolute atomic E-state index is 0.157. The minimum atomic E-state index is -0.285. The van der Waals surface area contributed by atoms with Gasteiger partial charge < -0.3 is 15.4 Å². The summed E-state index contributed by atoms with van der Waals surface area (Å²) in [6.45, 7) is 3.76. The molecule has 2 aromatic rings. The zero-order valence-electron chi connectivity index (χ0n) is 12.0. The first-order valence-corrected chi connectivity index (χ1v) is 7.26. The van der Waals surface area contributed by atoms with Gasteiger partial charge in [-0.25, -0.2) is 0 Å². The monoisotopic (exact) mass is 285 g/mol. The molecule has 21 heavy (non-hydrogen) atoms. The number of rotatable bonds is 2. The number of piperidine rings is 1. The van der Waals surface area contributed by atoms with E-state index in [1.807, 2.05) is 31.2 Å². The Morgan fingerprint density at radius 2 is 2.05 bits per heavy atom. The molecule has 110 valence electrons. The molecule has 3 rings (SSSR count). The van der Waals surface area contributed by atoms with Crippen molar-refractivity contribution in [1.82, 2.24) is 15.3 Å². The van der Waals surface area contributed by atoms with Gasteiger partial charge in [0.25, 0.3) is 5.56 Å². The van der Waals surface area contributed by atoms with Crippen LogP contribution in [0.4, 0.5) is 0 Å². The van der Waals surface area contributed by atoms with Crippen LogP contribution in [0.5, 0.6) is 5.88 Å². The molecule has 1 saturated heterocycles. The standard InChI is InChI=1S/C16H19N3O2/c1-10-4-6-11(7-5-10)13-15(20)18-14(19-16(13)21)12-3-2-8-17-9-12/h4-7,12,17H,2-3,8-9H2,1H3,(H2,18,19,20,21). The third kappa shape index (κ3) is 2.83. The normalized spacial score (nSPS) is 18.6. The van der Waals surface area contributed by atoms with E-state index in [1.165, 1.54) is 0 Å². The Morgan fingerprint density at radius 3 is 2.67 bits per heavy atom. The summed E-state index contributed by atoms with van der Waals surface area (Å²) in [4.78, 5) is 19.4. The lowest BCUT2D eigenvalue weighted by Gasteiger charge is -2.22. The number of aromatic amines is 1. The van der Waals surface area contributed by atoms with Crippen LogP contribution in [0.1, 0.15) is 30.1 Å². The van der Waals surface area contributed by atoms with Crippen LogP contribution in [-0.2, 0) is 0 Å². The molecule has 1 aliphatic heterocycles. The highest BCUT2D eigenvalue weighted by atomic mass is 16.3. The van der Waals surface area contributed by atoms with E-state index in [9.17, 15) is 9.90 Å². The maximum Gasteiger partial charge on any atom is 0.262 e. The van der Waals surface area contributed by atoms with Crippen molar-refractivity contribution in [2.45, 2.75) is 25.7 Å². The molecule has 0 amide bonds. The van der Waals surface area contributed by atoms with Crippen LogP contribution in [0, 0.1) is 6.92 Å². The molecule has 1 aromatic heterocycles. The molecule has 1 atom stereocenters. The molecule has 3 N–H and O–H groups in total. The second kappa shape index (κ2) is 5.69. The highest BCUT2D eigenvalue weighted by Gasteiger charge is 2.20. The van der Waals surface area contributed by atoms with Crippen molar-refractivity contribution >= 4 is 0 Å². The molecule has 0 spiro atoms. The van der Waals surface area contributed by atoms with Crippen LogP contribution >= 0.6 is 0 Å². The number of aryl methyl sites for hydroxylation is 1. The first kappa shape index (κ1) is 13.8. The number of aromatic nitrogens is 2. The Bertz CT molecular complexity index is 686. The van der Waals surface area contributed by atoms with Gasteiger partial charge in [0.2, 0.25) is 5.88 Å². The fraction of sp³-hybridized carbons (Fsp3) is 0.375. The number of nitrogens with one attached hydrogen (secondary N) is 2. The zero-order chi connectivity index (χ0) is 14.8. The highest BCUT2D eigenvalue weighted by molar-refractivity contribution is 5.67. The Balaban J connectivity index is 2.00. The van der Waals surface area contributed by atoms with Gasteiger partial charge in [0.05, 0.1) is 0 Å². The van der Waals surface area contributed by atoms with Gasteiger partial charge in [-0.15, -0.1) is 0 Å². The number of hydrogen-bond acceptors (Lipinski definition) is 4. The molecule has 0 bridgehead atoms. The lowest BCUT2D eigenvalue weighted by atomic mass is 9.98. The average molecular weight is 285 g/mol. The number of benzene rings is 1. The van der Waals surface area contributed by atoms with Crippen molar-refractivity contribution in [2.24, 2.45) is 0 Å². The Kier molecular flexibility index (Phi) is 3.75. The Morgan fingerprint density at radius 1 is 1.29 bits per heavy atom. The van der Waals surface area contributed by atoms with E-state index in [0.717, 1.165) is 31.5 Å². The SMILES string of the molecule is Cc1ccc(-c2c(O)nc(C3CCCNC3)[nH]c2=O)cc1. The van der Waals surface area contributed by atoms with Crippen LogP contribution in [0.15, 0.2) is 29.1 Å². The summed E-state index contributed by atoms with van der Waals surface area (Å²) in [5, 5.41) is 13.5. The van der Waals surface area contributed by atoms with E-state index in [0.29, 0.717) is 11.4 Å². The first-order valence-electron chi connectivity index (χ1n) is 7.26. The average Bonchev–Trinajstić information content (AvgIpc) is 2.49. The molecule has 5 nitrogen and oxygen atoms in total. The van der Waals surface area contributed by atoms with E-state index in [4.69, 9.17) is 0 Å². The van der Waals surface area contributed by atoms with Crippen molar-refractivity contribution in [3.63, 3.8) is 0 Å². The van der Waals surface area contributed by atoms with E-state index in [2.05, 4.69) is 15.3 Å². The minimum Gasteiger partial charge on any atom is -0.493 e. The Hall–Kier alpha value is -2.14. The van der Waals surface area contributed by atoms with Gasteiger partial charge in [-0.2, -0.15) is 4.98 Å².